The first-order valence-electron chi connectivity index (χ1n) is 8.56. The highest BCUT2D eigenvalue weighted by Crippen LogP contribution is 2.28. The summed E-state index contributed by atoms with van der Waals surface area (Å²) in [6.07, 6.45) is 0.531. The molecule has 142 valence electrons. The van der Waals surface area contributed by atoms with Crippen molar-refractivity contribution in [1.82, 2.24) is 9.71 Å². The average Bonchev–Trinajstić information content (AvgIpc) is 2.98. The zero-order valence-electron chi connectivity index (χ0n) is 15.4. The maximum atomic E-state index is 13.4. The second kappa shape index (κ2) is 7.88. The van der Waals surface area contributed by atoms with Gasteiger partial charge in [-0.3, -0.25) is 0 Å². The fourth-order valence-corrected chi connectivity index (χ4v) is 5.20. The van der Waals surface area contributed by atoms with Crippen LogP contribution >= 0.6 is 11.3 Å². The molecule has 3 rings (SSSR count). The lowest BCUT2D eigenvalue weighted by Gasteiger charge is -2.10. The number of hydrogen-bond donors (Lipinski definition) is 1. The van der Waals surface area contributed by atoms with Crippen LogP contribution in [0.4, 0.5) is 4.39 Å². The molecule has 4 nitrogen and oxygen atoms in total. The molecule has 0 saturated carbocycles. The van der Waals surface area contributed by atoms with Gasteiger partial charge in [-0.2, -0.15) is 0 Å². The molecule has 0 bridgehead atoms. The summed E-state index contributed by atoms with van der Waals surface area (Å²) in [7, 11) is -3.56. The maximum Gasteiger partial charge on any atom is 0.240 e. The fourth-order valence-electron chi connectivity index (χ4n) is 2.80. The highest BCUT2D eigenvalue weighted by molar-refractivity contribution is 7.89. The first-order chi connectivity index (χ1) is 12.8. The van der Waals surface area contributed by atoms with Crippen LogP contribution in [-0.4, -0.2) is 19.9 Å². The van der Waals surface area contributed by atoms with Gasteiger partial charge in [0.1, 0.15) is 10.8 Å². The van der Waals surface area contributed by atoms with Gasteiger partial charge in [-0.1, -0.05) is 24.3 Å². The molecular formula is C20H21FN2O2S2. The second-order valence-electron chi connectivity index (χ2n) is 6.38. The van der Waals surface area contributed by atoms with Gasteiger partial charge >= 0.3 is 0 Å². The van der Waals surface area contributed by atoms with Crippen LogP contribution in [0.2, 0.25) is 0 Å². The van der Waals surface area contributed by atoms with Gasteiger partial charge in [0.05, 0.1) is 10.6 Å². The SMILES string of the molecule is Cc1cccc(S(=O)(=O)NCCc2sc(-c3cccc(F)c3)nc2C)c1C. The number of rotatable bonds is 6. The van der Waals surface area contributed by atoms with Gasteiger partial charge in [-0.25, -0.2) is 22.5 Å². The highest BCUT2D eigenvalue weighted by Gasteiger charge is 2.18. The smallest absolute Gasteiger partial charge is 0.240 e. The number of nitrogens with one attached hydrogen (secondary N) is 1. The van der Waals surface area contributed by atoms with Crippen molar-refractivity contribution in [3.63, 3.8) is 0 Å². The van der Waals surface area contributed by atoms with E-state index in [1.807, 2.05) is 32.9 Å². The highest BCUT2D eigenvalue weighted by atomic mass is 32.2. The van der Waals surface area contributed by atoms with Gasteiger partial charge in [0.25, 0.3) is 0 Å². The Balaban J connectivity index is 1.71. The maximum absolute atomic E-state index is 13.4. The quantitative estimate of drug-likeness (QED) is 0.663. The van der Waals surface area contributed by atoms with E-state index in [0.29, 0.717) is 11.3 Å². The molecule has 0 spiro atoms. The molecule has 0 aliphatic carbocycles. The second-order valence-corrected chi connectivity index (χ2v) is 9.20. The van der Waals surface area contributed by atoms with E-state index in [2.05, 4.69) is 9.71 Å². The standard InChI is InChI=1S/C20H21FN2O2S2/c1-13-6-4-9-19(14(13)2)27(24,25)22-11-10-18-15(3)23-20(26-18)16-7-5-8-17(21)12-16/h4-9,12,22H,10-11H2,1-3H3. The van der Waals surface area contributed by atoms with E-state index in [1.165, 1.54) is 23.5 Å². The minimum Gasteiger partial charge on any atom is -0.241 e. The molecule has 0 radical (unpaired) electrons. The molecule has 0 saturated heterocycles. The van der Waals surface area contributed by atoms with Gasteiger partial charge in [0.15, 0.2) is 0 Å². The number of nitrogens with zero attached hydrogens (tertiary/aromatic N) is 1. The number of benzene rings is 2. The molecule has 0 amide bonds. The van der Waals surface area contributed by atoms with E-state index in [4.69, 9.17) is 0 Å². The minimum absolute atomic E-state index is 0.279. The zero-order chi connectivity index (χ0) is 19.6. The van der Waals surface area contributed by atoms with Crippen LogP contribution in [0, 0.1) is 26.6 Å². The van der Waals surface area contributed by atoms with E-state index in [1.54, 1.807) is 18.2 Å². The van der Waals surface area contributed by atoms with E-state index >= 15 is 0 Å². The van der Waals surface area contributed by atoms with Crippen molar-refractivity contribution in [2.45, 2.75) is 32.1 Å². The predicted molar refractivity (Wildman–Crippen MR) is 107 cm³/mol. The largest absolute Gasteiger partial charge is 0.241 e. The average molecular weight is 405 g/mol. The summed E-state index contributed by atoms with van der Waals surface area (Å²) in [5.74, 6) is -0.303. The molecule has 27 heavy (non-hydrogen) atoms. The van der Waals surface area contributed by atoms with Crippen molar-refractivity contribution in [2.24, 2.45) is 0 Å². The molecule has 1 aromatic heterocycles. The molecule has 3 aromatic rings. The number of aryl methyl sites for hydroxylation is 2. The van der Waals surface area contributed by atoms with Crippen molar-refractivity contribution in [3.05, 3.63) is 70.0 Å². The predicted octanol–water partition coefficient (Wildman–Crippen LogP) is 4.40. The summed E-state index contributed by atoms with van der Waals surface area (Å²) in [5.41, 5.74) is 3.26. The lowest BCUT2D eigenvalue weighted by molar-refractivity contribution is 0.581. The Morgan fingerprint density at radius 1 is 1.11 bits per heavy atom. The fraction of sp³-hybridized carbons (Fsp3) is 0.250. The summed E-state index contributed by atoms with van der Waals surface area (Å²) in [5, 5.41) is 0.736. The van der Waals surface area contributed by atoms with Crippen molar-refractivity contribution in [2.75, 3.05) is 6.54 Å². The molecule has 1 heterocycles. The monoisotopic (exact) mass is 404 g/mol. The number of sulfonamides is 1. The summed E-state index contributed by atoms with van der Waals surface area (Å²) in [6.45, 7) is 5.86. The summed E-state index contributed by atoms with van der Waals surface area (Å²) >= 11 is 1.46. The lowest BCUT2D eigenvalue weighted by Crippen LogP contribution is -2.26. The number of aromatic nitrogens is 1. The Labute approximate surface area is 163 Å². The third-order valence-corrected chi connectivity index (χ3v) is 7.32. The molecule has 0 aliphatic heterocycles. The molecule has 0 aliphatic rings. The molecule has 1 N–H and O–H groups in total. The van der Waals surface area contributed by atoms with E-state index in [9.17, 15) is 12.8 Å². The third kappa shape index (κ3) is 4.43. The Morgan fingerprint density at radius 3 is 2.59 bits per heavy atom. The molecule has 2 aromatic carbocycles. The molecular weight excluding hydrogens is 383 g/mol. The van der Waals surface area contributed by atoms with Crippen LogP contribution in [0.5, 0.6) is 0 Å². The number of hydrogen-bond acceptors (Lipinski definition) is 4. The topological polar surface area (TPSA) is 59.1 Å². The van der Waals surface area contributed by atoms with Gasteiger partial charge in [-0.15, -0.1) is 11.3 Å². The number of halogens is 1. The lowest BCUT2D eigenvalue weighted by atomic mass is 10.1. The number of thiazole rings is 1. The van der Waals surface area contributed by atoms with Crippen LogP contribution in [-0.2, 0) is 16.4 Å². The normalized spacial score (nSPS) is 11.7. The first-order valence-corrected chi connectivity index (χ1v) is 10.9. The first kappa shape index (κ1) is 19.7. The van der Waals surface area contributed by atoms with E-state index < -0.39 is 10.0 Å². The molecule has 7 heteroatoms. The van der Waals surface area contributed by atoms with Crippen LogP contribution < -0.4 is 4.72 Å². The van der Waals surface area contributed by atoms with Crippen molar-refractivity contribution in [1.29, 1.82) is 0 Å². The minimum atomic E-state index is -3.56. The van der Waals surface area contributed by atoms with Crippen LogP contribution in [0.25, 0.3) is 10.6 Å². The van der Waals surface area contributed by atoms with Crippen molar-refractivity contribution >= 4 is 21.4 Å². The van der Waals surface area contributed by atoms with Crippen molar-refractivity contribution in [3.8, 4) is 10.6 Å². The molecule has 0 fully saturated rings. The van der Waals surface area contributed by atoms with Crippen LogP contribution in [0.3, 0.4) is 0 Å². The van der Waals surface area contributed by atoms with Gasteiger partial charge in [0, 0.05) is 17.0 Å². The van der Waals surface area contributed by atoms with Crippen LogP contribution in [0.15, 0.2) is 47.4 Å². The van der Waals surface area contributed by atoms with Crippen LogP contribution in [0.1, 0.15) is 21.7 Å². The van der Waals surface area contributed by atoms with Crippen molar-refractivity contribution < 1.29 is 12.8 Å². The van der Waals surface area contributed by atoms with E-state index in [-0.39, 0.29) is 12.4 Å². The van der Waals surface area contributed by atoms with E-state index in [0.717, 1.165) is 32.3 Å². The summed E-state index contributed by atoms with van der Waals surface area (Å²) in [6, 6.07) is 11.6. The third-order valence-electron chi connectivity index (χ3n) is 4.45. The van der Waals surface area contributed by atoms with Gasteiger partial charge in [0.2, 0.25) is 10.0 Å². The Kier molecular flexibility index (Phi) is 5.74. The Hall–Kier alpha value is -2.09. The molecule has 0 unspecified atom stereocenters. The summed E-state index contributed by atoms with van der Waals surface area (Å²) < 4.78 is 41.2. The summed E-state index contributed by atoms with van der Waals surface area (Å²) in [4.78, 5) is 5.79. The van der Waals surface area contributed by atoms with Gasteiger partial charge < -0.3 is 0 Å². The van der Waals surface area contributed by atoms with Gasteiger partial charge in [-0.05, 0) is 56.5 Å². The molecule has 0 atom stereocenters. The zero-order valence-corrected chi connectivity index (χ0v) is 17.0. The Bertz CT molecular complexity index is 1080. The Morgan fingerprint density at radius 2 is 1.85 bits per heavy atom.